The van der Waals surface area contributed by atoms with Crippen LogP contribution in [0, 0.1) is 0 Å². The lowest BCUT2D eigenvalue weighted by molar-refractivity contribution is 0.0489. The molecular formula is C13H27N3O2. The third-order valence-corrected chi connectivity index (χ3v) is 2.97. The van der Waals surface area contributed by atoms with Crippen molar-refractivity contribution < 1.29 is 9.53 Å². The van der Waals surface area contributed by atoms with Gasteiger partial charge in [0.15, 0.2) is 0 Å². The molecule has 0 bridgehead atoms. The van der Waals surface area contributed by atoms with Crippen LogP contribution in [0.25, 0.3) is 0 Å². The van der Waals surface area contributed by atoms with E-state index in [2.05, 4.69) is 10.6 Å². The number of ether oxygens (including phenoxy) is 1. The van der Waals surface area contributed by atoms with Gasteiger partial charge in [0.25, 0.3) is 0 Å². The number of nitrogens with two attached hydrogens (primary N) is 1. The van der Waals surface area contributed by atoms with Gasteiger partial charge in [-0.1, -0.05) is 0 Å². The second-order valence-electron chi connectivity index (χ2n) is 5.95. The molecule has 1 saturated carbocycles. The Balaban J connectivity index is 2.31. The molecule has 0 aromatic carbocycles. The van der Waals surface area contributed by atoms with E-state index in [9.17, 15) is 4.79 Å². The molecule has 2 unspecified atom stereocenters. The molecule has 0 aromatic heterocycles. The van der Waals surface area contributed by atoms with E-state index < -0.39 is 5.60 Å². The molecule has 1 amide bonds. The fraction of sp³-hybridized carbons (Fsp3) is 0.923. The Morgan fingerprint density at radius 1 is 1.33 bits per heavy atom. The second-order valence-corrected chi connectivity index (χ2v) is 5.95. The summed E-state index contributed by atoms with van der Waals surface area (Å²) in [6.45, 7) is 7.11. The Bertz CT molecular complexity index is 263. The number of rotatable bonds is 4. The zero-order valence-electron chi connectivity index (χ0n) is 11.8. The molecule has 1 aliphatic rings. The molecule has 1 aliphatic carbocycles. The number of carbonyl (C=O) groups is 1. The van der Waals surface area contributed by atoms with Crippen LogP contribution in [0.15, 0.2) is 0 Å². The predicted octanol–water partition coefficient (Wildman–Crippen LogP) is 1.37. The Hall–Kier alpha value is -0.810. The van der Waals surface area contributed by atoms with Crippen LogP contribution in [0.5, 0.6) is 0 Å². The van der Waals surface area contributed by atoms with Crippen LogP contribution in [0.3, 0.4) is 0 Å². The summed E-state index contributed by atoms with van der Waals surface area (Å²) in [5, 5.41) is 6.36. The highest BCUT2D eigenvalue weighted by Gasteiger charge is 2.24. The van der Waals surface area contributed by atoms with Gasteiger partial charge in [0.05, 0.1) is 0 Å². The van der Waals surface area contributed by atoms with Crippen molar-refractivity contribution in [3.63, 3.8) is 0 Å². The van der Waals surface area contributed by atoms with Gasteiger partial charge < -0.3 is 21.1 Å². The smallest absolute Gasteiger partial charge is 0.407 e. The first-order valence-electron chi connectivity index (χ1n) is 6.83. The van der Waals surface area contributed by atoms with E-state index in [-0.39, 0.29) is 12.1 Å². The Morgan fingerprint density at radius 3 is 2.61 bits per heavy atom. The van der Waals surface area contributed by atoms with Gasteiger partial charge in [-0.15, -0.1) is 0 Å². The van der Waals surface area contributed by atoms with E-state index in [1.807, 2.05) is 20.8 Å². The van der Waals surface area contributed by atoms with Gasteiger partial charge in [-0.05, 0) is 46.5 Å². The molecule has 1 fully saturated rings. The maximum atomic E-state index is 11.7. The summed E-state index contributed by atoms with van der Waals surface area (Å²) in [5.41, 5.74) is 5.04. The van der Waals surface area contributed by atoms with Crippen LogP contribution >= 0.6 is 0 Å². The molecule has 18 heavy (non-hydrogen) atoms. The van der Waals surface area contributed by atoms with E-state index in [4.69, 9.17) is 10.5 Å². The summed E-state index contributed by atoms with van der Waals surface area (Å²) in [6.07, 6.45) is 3.96. The molecule has 4 N–H and O–H groups in total. The number of nitrogens with one attached hydrogen (secondary N) is 2. The van der Waals surface area contributed by atoms with Crippen molar-refractivity contribution in [3.8, 4) is 0 Å². The van der Waals surface area contributed by atoms with Crippen molar-refractivity contribution in [1.82, 2.24) is 10.6 Å². The van der Waals surface area contributed by atoms with Gasteiger partial charge in [0.1, 0.15) is 5.60 Å². The zero-order chi connectivity index (χ0) is 13.6. The van der Waals surface area contributed by atoms with Crippen molar-refractivity contribution in [1.29, 1.82) is 0 Å². The summed E-state index contributed by atoms with van der Waals surface area (Å²) in [4.78, 5) is 11.7. The van der Waals surface area contributed by atoms with Crippen molar-refractivity contribution in [3.05, 3.63) is 0 Å². The van der Waals surface area contributed by atoms with Crippen molar-refractivity contribution in [2.45, 2.75) is 64.1 Å². The van der Waals surface area contributed by atoms with Gasteiger partial charge in [-0.2, -0.15) is 0 Å². The molecule has 0 spiro atoms. The maximum absolute atomic E-state index is 11.7. The topological polar surface area (TPSA) is 76.4 Å². The number of hydrogen-bond donors (Lipinski definition) is 3. The Morgan fingerprint density at radius 2 is 2.00 bits per heavy atom. The van der Waals surface area contributed by atoms with Crippen molar-refractivity contribution >= 4 is 6.09 Å². The molecule has 2 atom stereocenters. The Kier molecular flexibility index (Phi) is 5.88. The van der Waals surface area contributed by atoms with Gasteiger partial charge >= 0.3 is 6.09 Å². The number of amides is 1. The van der Waals surface area contributed by atoms with Crippen molar-refractivity contribution in [2.75, 3.05) is 13.1 Å². The molecule has 0 aromatic rings. The number of hydrogen-bond acceptors (Lipinski definition) is 4. The zero-order valence-corrected chi connectivity index (χ0v) is 11.8. The molecule has 5 heteroatoms. The highest BCUT2D eigenvalue weighted by Crippen LogP contribution is 2.19. The molecular weight excluding hydrogens is 230 g/mol. The molecule has 5 nitrogen and oxygen atoms in total. The summed E-state index contributed by atoms with van der Waals surface area (Å²) in [5.74, 6) is 0. The quantitative estimate of drug-likeness (QED) is 0.711. The summed E-state index contributed by atoms with van der Waals surface area (Å²) < 4.78 is 5.27. The number of carbonyl (C=O) groups excluding carboxylic acids is 1. The van der Waals surface area contributed by atoms with Gasteiger partial charge in [-0.3, -0.25) is 0 Å². The average molecular weight is 257 g/mol. The number of alkyl carbamates (subject to hydrolysis) is 1. The van der Waals surface area contributed by atoms with Crippen LogP contribution < -0.4 is 16.4 Å². The molecule has 1 rings (SSSR count). The van der Waals surface area contributed by atoms with Crippen LogP contribution in [-0.4, -0.2) is 36.9 Å². The van der Waals surface area contributed by atoms with E-state index in [0.717, 1.165) is 32.2 Å². The van der Waals surface area contributed by atoms with Crippen LogP contribution in [0.2, 0.25) is 0 Å². The fourth-order valence-corrected chi connectivity index (χ4v) is 2.27. The summed E-state index contributed by atoms with van der Waals surface area (Å²) >= 11 is 0. The van der Waals surface area contributed by atoms with Crippen LogP contribution in [0.1, 0.15) is 46.5 Å². The molecule has 0 aliphatic heterocycles. The largest absolute Gasteiger partial charge is 0.444 e. The van der Waals surface area contributed by atoms with E-state index >= 15 is 0 Å². The first-order chi connectivity index (χ1) is 8.40. The minimum absolute atomic E-state index is 0.212. The predicted molar refractivity (Wildman–Crippen MR) is 72.5 cm³/mol. The average Bonchev–Trinajstić information content (AvgIpc) is 2.24. The lowest BCUT2D eigenvalue weighted by Crippen LogP contribution is -2.46. The molecule has 0 saturated heterocycles. The molecule has 106 valence electrons. The summed E-state index contributed by atoms with van der Waals surface area (Å²) in [6, 6.07) is 0.672. The van der Waals surface area contributed by atoms with E-state index in [1.165, 1.54) is 0 Å². The summed E-state index contributed by atoms with van der Waals surface area (Å²) in [7, 11) is 0. The fourth-order valence-electron chi connectivity index (χ4n) is 2.27. The van der Waals surface area contributed by atoms with Gasteiger partial charge in [0, 0.05) is 25.2 Å². The van der Waals surface area contributed by atoms with Gasteiger partial charge in [-0.25, -0.2) is 4.79 Å². The van der Waals surface area contributed by atoms with E-state index in [1.54, 1.807) is 0 Å². The standard InChI is InChI=1S/C13H27N3O2/c1-13(2,3)18-12(17)16-11-6-4-5-10(9-11)15-8-7-14/h10-11,15H,4-9,14H2,1-3H3,(H,16,17). The monoisotopic (exact) mass is 257 g/mol. The van der Waals surface area contributed by atoms with Gasteiger partial charge in [0.2, 0.25) is 0 Å². The second kappa shape index (κ2) is 6.95. The lowest BCUT2D eigenvalue weighted by Gasteiger charge is -2.31. The molecule has 0 radical (unpaired) electrons. The third kappa shape index (κ3) is 6.21. The minimum atomic E-state index is -0.435. The SMILES string of the molecule is CC(C)(C)OC(=O)NC1CCCC(NCCN)C1. The highest BCUT2D eigenvalue weighted by molar-refractivity contribution is 5.68. The normalized spacial score (nSPS) is 24.7. The van der Waals surface area contributed by atoms with Crippen LogP contribution in [0.4, 0.5) is 4.79 Å². The first-order valence-corrected chi connectivity index (χ1v) is 6.83. The van der Waals surface area contributed by atoms with Crippen LogP contribution in [-0.2, 0) is 4.74 Å². The lowest BCUT2D eigenvalue weighted by atomic mass is 9.91. The molecule has 0 heterocycles. The maximum Gasteiger partial charge on any atom is 0.407 e. The Labute approximate surface area is 110 Å². The van der Waals surface area contributed by atoms with Crippen molar-refractivity contribution in [2.24, 2.45) is 5.73 Å². The minimum Gasteiger partial charge on any atom is -0.444 e. The van der Waals surface area contributed by atoms with E-state index in [0.29, 0.717) is 12.6 Å². The third-order valence-electron chi connectivity index (χ3n) is 2.97. The highest BCUT2D eigenvalue weighted by atomic mass is 16.6. The first kappa shape index (κ1) is 15.2.